The molecule has 1 aliphatic heterocycles. The number of benzene rings is 1. The van der Waals surface area contributed by atoms with Crippen LogP contribution in [0.1, 0.15) is 44.0 Å². The number of likely N-dealkylation sites (tertiary alicyclic amines) is 1. The van der Waals surface area contributed by atoms with Gasteiger partial charge in [0.2, 0.25) is 5.91 Å². The lowest BCUT2D eigenvalue weighted by molar-refractivity contribution is -0.121. The summed E-state index contributed by atoms with van der Waals surface area (Å²) >= 11 is 5.84. The number of aromatic nitrogens is 1. The first-order valence-electron chi connectivity index (χ1n) is 10.5. The minimum Gasteiger partial charge on any atom is -0.369 e. The molecule has 1 saturated heterocycles. The molecular weight excluding hydrogens is 400 g/mol. The summed E-state index contributed by atoms with van der Waals surface area (Å²) in [6, 6.07) is 11.5. The second-order valence-corrected chi connectivity index (χ2v) is 8.30. The summed E-state index contributed by atoms with van der Waals surface area (Å²) in [6.45, 7) is 8.42. The molecule has 1 unspecified atom stereocenters. The molecule has 2 aromatic rings. The number of halogens is 1. The molecule has 1 aromatic heterocycles. The molecule has 1 atom stereocenters. The van der Waals surface area contributed by atoms with Gasteiger partial charge < -0.3 is 15.1 Å². The van der Waals surface area contributed by atoms with Gasteiger partial charge in [0.05, 0.1) is 10.9 Å². The smallest absolute Gasteiger partial charge is 0.253 e. The zero-order valence-corrected chi connectivity index (χ0v) is 18.5. The van der Waals surface area contributed by atoms with Crippen molar-refractivity contribution in [2.75, 3.05) is 29.9 Å². The number of piperidine rings is 1. The second kappa shape index (κ2) is 9.94. The van der Waals surface area contributed by atoms with Gasteiger partial charge in [0.15, 0.2) is 0 Å². The van der Waals surface area contributed by atoms with Crippen molar-refractivity contribution in [1.29, 1.82) is 0 Å². The molecule has 7 heteroatoms. The summed E-state index contributed by atoms with van der Waals surface area (Å²) in [5.74, 6) is 0.0644. The maximum Gasteiger partial charge on any atom is 0.253 e. The number of carbonyl (C=O) groups excluding carboxylic acids is 2. The van der Waals surface area contributed by atoms with Crippen LogP contribution in [-0.2, 0) is 4.79 Å². The molecule has 3 rings (SSSR count). The van der Waals surface area contributed by atoms with Crippen molar-refractivity contribution in [2.24, 2.45) is 5.92 Å². The van der Waals surface area contributed by atoms with Crippen LogP contribution < -0.4 is 10.2 Å². The molecule has 1 aromatic carbocycles. The van der Waals surface area contributed by atoms with E-state index in [9.17, 15) is 9.59 Å². The van der Waals surface area contributed by atoms with Crippen molar-refractivity contribution in [3.63, 3.8) is 0 Å². The summed E-state index contributed by atoms with van der Waals surface area (Å²) < 4.78 is 0. The summed E-state index contributed by atoms with van der Waals surface area (Å²) in [5, 5.41) is 3.34. The van der Waals surface area contributed by atoms with E-state index in [1.165, 1.54) is 6.20 Å². The molecule has 2 amide bonds. The number of rotatable bonds is 6. The topological polar surface area (TPSA) is 65.5 Å². The van der Waals surface area contributed by atoms with Crippen molar-refractivity contribution in [1.82, 2.24) is 9.88 Å². The number of carbonyl (C=O) groups is 2. The summed E-state index contributed by atoms with van der Waals surface area (Å²) in [6.07, 6.45) is 3.05. The van der Waals surface area contributed by atoms with Gasteiger partial charge in [-0.25, -0.2) is 4.98 Å². The molecule has 6 nitrogen and oxygen atoms in total. The van der Waals surface area contributed by atoms with Crippen LogP contribution in [0.4, 0.5) is 11.5 Å². The van der Waals surface area contributed by atoms with Crippen LogP contribution in [0, 0.1) is 5.92 Å². The van der Waals surface area contributed by atoms with Crippen molar-refractivity contribution in [3.8, 4) is 0 Å². The van der Waals surface area contributed by atoms with E-state index in [1.54, 1.807) is 17.0 Å². The molecule has 2 heterocycles. The minimum absolute atomic E-state index is 0.0312. The first-order valence-corrected chi connectivity index (χ1v) is 10.8. The average Bonchev–Trinajstić information content (AvgIpc) is 2.75. The maximum absolute atomic E-state index is 13.0. The number of hydrogen-bond acceptors (Lipinski definition) is 4. The van der Waals surface area contributed by atoms with Gasteiger partial charge in [-0.3, -0.25) is 9.59 Å². The van der Waals surface area contributed by atoms with Crippen molar-refractivity contribution in [3.05, 3.63) is 53.2 Å². The fraction of sp³-hybridized carbons (Fsp3) is 0.435. The van der Waals surface area contributed by atoms with Crippen LogP contribution in [-0.4, -0.2) is 47.4 Å². The summed E-state index contributed by atoms with van der Waals surface area (Å²) in [4.78, 5) is 33.8. The second-order valence-electron chi connectivity index (χ2n) is 7.87. The first-order chi connectivity index (χ1) is 14.4. The zero-order valence-electron chi connectivity index (χ0n) is 17.8. The predicted molar refractivity (Wildman–Crippen MR) is 121 cm³/mol. The molecule has 0 saturated carbocycles. The van der Waals surface area contributed by atoms with Gasteiger partial charge in [-0.2, -0.15) is 0 Å². The van der Waals surface area contributed by atoms with Gasteiger partial charge >= 0.3 is 0 Å². The number of anilines is 2. The fourth-order valence-electron chi connectivity index (χ4n) is 3.88. The van der Waals surface area contributed by atoms with Gasteiger partial charge in [-0.15, -0.1) is 0 Å². The zero-order chi connectivity index (χ0) is 21.7. The fourth-order valence-corrected chi connectivity index (χ4v) is 3.99. The lowest BCUT2D eigenvalue weighted by Gasteiger charge is -2.32. The highest BCUT2D eigenvalue weighted by atomic mass is 35.5. The number of nitrogens with one attached hydrogen (secondary N) is 1. The van der Waals surface area contributed by atoms with Gasteiger partial charge in [-0.1, -0.05) is 11.6 Å². The van der Waals surface area contributed by atoms with Crippen LogP contribution in [0.5, 0.6) is 0 Å². The largest absolute Gasteiger partial charge is 0.369 e. The normalized spacial score (nSPS) is 16.4. The Hall–Kier alpha value is -2.60. The van der Waals surface area contributed by atoms with Crippen molar-refractivity contribution >= 4 is 34.9 Å². The van der Waals surface area contributed by atoms with E-state index < -0.39 is 0 Å². The number of amides is 2. The number of nitrogens with zero attached hydrogens (tertiary/aromatic N) is 3. The Kier molecular flexibility index (Phi) is 7.32. The van der Waals surface area contributed by atoms with Gasteiger partial charge in [0.1, 0.15) is 5.82 Å². The van der Waals surface area contributed by atoms with Crippen molar-refractivity contribution in [2.45, 2.75) is 39.7 Å². The van der Waals surface area contributed by atoms with Crippen LogP contribution in [0.2, 0.25) is 5.02 Å². The molecule has 1 N–H and O–H groups in total. The highest BCUT2D eigenvalue weighted by molar-refractivity contribution is 6.30. The first kappa shape index (κ1) is 22.1. The van der Waals surface area contributed by atoms with Gasteiger partial charge in [-0.05, 0) is 70.0 Å². The van der Waals surface area contributed by atoms with E-state index in [-0.39, 0.29) is 17.7 Å². The molecule has 1 aliphatic rings. The molecule has 0 spiro atoms. The van der Waals surface area contributed by atoms with Crippen molar-refractivity contribution < 1.29 is 9.59 Å². The Labute approximate surface area is 183 Å². The van der Waals surface area contributed by atoms with E-state index >= 15 is 0 Å². The quantitative estimate of drug-likeness (QED) is 0.737. The van der Waals surface area contributed by atoms with Gasteiger partial charge in [0.25, 0.3) is 5.91 Å². The number of hydrogen-bond donors (Lipinski definition) is 1. The Morgan fingerprint density at radius 1 is 1.23 bits per heavy atom. The van der Waals surface area contributed by atoms with E-state index in [1.807, 2.05) is 24.3 Å². The monoisotopic (exact) mass is 428 g/mol. The molecule has 0 radical (unpaired) electrons. The van der Waals surface area contributed by atoms with Crippen LogP contribution in [0.25, 0.3) is 0 Å². The summed E-state index contributed by atoms with van der Waals surface area (Å²) in [7, 11) is 0. The highest BCUT2D eigenvalue weighted by Gasteiger charge is 2.29. The van der Waals surface area contributed by atoms with E-state index in [4.69, 9.17) is 11.6 Å². The Bertz CT molecular complexity index is 868. The van der Waals surface area contributed by atoms with E-state index in [0.717, 1.165) is 25.1 Å². The lowest BCUT2D eigenvalue weighted by Crippen LogP contribution is -2.43. The standard InChI is InChI=1S/C23H29ClN4O2/c1-4-28(16(2)3)20-10-7-17(8-11-20)23(30)27-13-5-6-18(15-27)22(29)26-21-12-9-19(24)14-25-21/h7-12,14,16,18H,4-6,13,15H2,1-3H3,(H,25,26,29). The van der Waals surface area contributed by atoms with E-state index in [0.29, 0.717) is 35.5 Å². The molecule has 1 fully saturated rings. The third-order valence-corrected chi connectivity index (χ3v) is 5.69. The minimum atomic E-state index is -0.254. The van der Waals surface area contributed by atoms with E-state index in [2.05, 4.69) is 36.0 Å². The third kappa shape index (κ3) is 5.30. The maximum atomic E-state index is 13.0. The molecular formula is C23H29ClN4O2. The highest BCUT2D eigenvalue weighted by Crippen LogP contribution is 2.22. The number of pyridine rings is 1. The molecule has 0 bridgehead atoms. The predicted octanol–water partition coefficient (Wildman–Crippen LogP) is 4.46. The molecule has 30 heavy (non-hydrogen) atoms. The molecule has 160 valence electrons. The lowest BCUT2D eigenvalue weighted by atomic mass is 9.96. The Morgan fingerprint density at radius 2 is 1.97 bits per heavy atom. The van der Waals surface area contributed by atoms with Crippen LogP contribution in [0.15, 0.2) is 42.6 Å². The SMILES string of the molecule is CCN(c1ccc(C(=O)N2CCCC(C(=O)Nc3ccc(Cl)cn3)C2)cc1)C(C)C. The third-order valence-electron chi connectivity index (χ3n) is 5.47. The Balaban J connectivity index is 1.63. The van der Waals surface area contributed by atoms with Gasteiger partial charge in [0, 0.05) is 43.1 Å². The van der Waals surface area contributed by atoms with Crippen LogP contribution >= 0.6 is 11.6 Å². The molecule has 0 aliphatic carbocycles. The summed E-state index contributed by atoms with van der Waals surface area (Å²) in [5.41, 5.74) is 1.76. The van der Waals surface area contributed by atoms with Crippen LogP contribution in [0.3, 0.4) is 0 Å². The average molecular weight is 429 g/mol. The Morgan fingerprint density at radius 3 is 2.57 bits per heavy atom.